The van der Waals surface area contributed by atoms with E-state index in [0.29, 0.717) is 5.88 Å². The van der Waals surface area contributed by atoms with Gasteiger partial charge in [0.2, 0.25) is 0 Å². The van der Waals surface area contributed by atoms with E-state index in [1.165, 1.54) is 0 Å². The molecule has 0 aromatic carbocycles. The summed E-state index contributed by atoms with van der Waals surface area (Å²) in [5, 5.41) is 0. The topological polar surface area (TPSA) is 18.5 Å². The first-order valence-corrected chi connectivity index (χ1v) is 5.08. The van der Waals surface area contributed by atoms with Gasteiger partial charge in [-0.2, -0.15) is 0 Å². The standard InChI is InChI=1S/C9H17ClO2/c1-2-11-5-3-9(7-10)4-6-12-8-9/h2-8H2,1H3. The van der Waals surface area contributed by atoms with Gasteiger partial charge >= 0.3 is 0 Å². The van der Waals surface area contributed by atoms with E-state index in [0.717, 1.165) is 39.3 Å². The molecule has 12 heavy (non-hydrogen) atoms. The molecule has 1 aliphatic heterocycles. The average Bonchev–Trinajstić information content (AvgIpc) is 2.55. The van der Waals surface area contributed by atoms with Gasteiger partial charge in [-0.1, -0.05) is 0 Å². The molecule has 0 spiro atoms. The second-order valence-corrected chi connectivity index (χ2v) is 3.65. The second kappa shape index (κ2) is 5.05. The zero-order valence-corrected chi connectivity index (χ0v) is 8.40. The summed E-state index contributed by atoms with van der Waals surface area (Å²) >= 11 is 5.91. The molecule has 1 aliphatic rings. The van der Waals surface area contributed by atoms with E-state index in [2.05, 4.69) is 0 Å². The molecule has 0 aliphatic carbocycles. The van der Waals surface area contributed by atoms with Gasteiger partial charge in [-0.25, -0.2) is 0 Å². The van der Waals surface area contributed by atoms with Crippen LogP contribution in [0.2, 0.25) is 0 Å². The van der Waals surface area contributed by atoms with Crippen molar-refractivity contribution in [3.8, 4) is 0 Å². The zero-order chi connectivity index (χ0) is 8.86. The van der Waals surface area contributed by atoms with Crippen molar-refractivity contribution in [2.45, 2.75) is 19.8 Å². The predicted molar refractivity (Wildman–Crippen MR) is 49.7 cm³/mol. The molecule has 1 atom stereocenters. The van der Waals surface area contributed by atoms with E-state index in [9.17, 15) is 0 Å². The number of hydrogen-bond acceptors (Lipinski definition) is 2. The van der Waals surface area contributed by atoms with Gasteiger partial charge in [0, 0.05) is 31.1 Å². The Labute approximate surface area is 79.2 Å². The Balaban J connectivity index is 2.24. The predicted octanol–water partition coefficient (Wildman–Crippen LogP) is 2.06. The minimum atomic E-state index is 0.205. The van der Waals surface area contributed by atoms with Gasteiger partial charge in [-0.15, -0.1) is 11.6 Å². The van der Waals surface area contributed by atoms with Crippen LogP contribution < -0.4 is 0 Å². The van der Waals surface area contributed by atoms with E-state index in [4.69, 9.17) is 21.1 Å². The van der Waals surface area contributed by atoms with Crippen LogP contribution in [0.5, 0.6) is 0 Å². The van der Waals surface area contributed by atoms with Crippen LogP contribution >= 0.6 is 11.6 Å². The van der Waals surface area contributed by atoms with Gasteiger partial charge in [-0.05, 0) is 19.8 Å². The van der Waals surface area contributed by atoms with Crippen LogP contribution in [0.4, 0.5) is 0 Å². The number of hydrogen-bond donors (Lipinski definition) is 0. The molecule has 0 radical (unpaired) electrons. The molecule has 1 unspecified atom stereocenters. The first-order chi connectivity index (χ1) is 5.83. The summed E-state index contributed by atoms with van der Waals surface area (Å²) in [6, 6.07) is 0. The highest BCUT2D eigenvalue weighted by Gasteiger charge is 2.33. The van der Waals surface area contributed by atoms with E-state index in [1.807, 2.05) is 6.92 Å². The smallest absolute Gasteiger partial charge is 0.0535 e. The Bertz CT molecular complexity index is 122. The van der Waals surface area contributed by atoms with E-state index in [-0.39, 0.29) is 5.41 Å². The Morgan fingerprint density at radius 1 is 1.58 bits per heavy atom. The lowest BCUT2D eigenvalue weighted by Gasteiger charge is -2.23. The van der Waals surface area contributed by atoms with Crippen LogP contribution in [0.1, 0.15) is 19.8 Å². The van der Waals surface area contributed by atoms with Crippen LogP contribution in [0.25, 0.3) is 0 Å². The summed E-state index contributed by atoms with van der Waals surface area (Å²) in [6.45, 7) is 5.28. The average molecular weight is 193 g/mol. The lowest BCUT2D eigenvalue weighted by molar-refractivity contribution is 0.0967. The van der Waals surface area contributed by atoms with Crippen molar-refractivity contribution in [1.29, 1.82) is 0 Å². The van der Waals surface area contributed by atoms with Gasteiger partial charge in [0.1, 0.15) is 0 Å². The quantitative estimate of drug-likeness (QED) is 0.491. The molecular formula is C9H17ClO2. The van der Waals surface area contributed by atoms with Gasteiger partial charge in [0.25, 0.3) is 0 Å². The fourth-order valence-corrected chi connectivity index (χ4v) is 1.80. The van der Waals surface area contributed by atoms with E-state index in [1.54, 1.807) is 0 Å². The molecule has 0 amide bonds. The summed E-state index contributed by atoms with van der Waals surface area (Å²) in [4.78, 5) is 0. The zero-order valence-electron chi connectivity index (χ0n) is 7.64. The Morgan fingerprint density at radius 2 is 2.42 bits per heavy atom. The number of alkyl halides is 1. The molecule has 0 N–H and O–H groups in total. The third-order valence-corrected chi connectivity index (χ3v) is 3.02. The Hall–Kier alpha value is 0.210. The largest absolute Gasteiger partial charge is 0.382 e. The third kappa shape index (κ3) is 2.61. The van der Waals surface area contributed by atoms with Crippen LogP contribution in [0, 0.1) is 5.41 Å². The number of ether oxygens (including phenoxy) is 2. The fourth-order valence-electron chi connectivity index (χ4n) is 1.45. The lowest BCUT2D eigenvalue weighted by Crippen LogP contribution is -2.25. The maximum absolute atomic E-state index is 5.91. The first kappa shape index (κ1) is 10.3. The third-order valence-electron chi connectivity index (χ3n) is 2.45. The number of halogens is 1. The maximum atomic E-state index is 5.91. The monoisotopic (exact) mass is 192 g/mol. The SMILES string of the molecule is CCOCCC1(CCl)CCOC1. The first-order valence-electron chi connectivity index (χ1n) is 4.54. The summed E-state index contributed by atoms with van der Waals surface area (Å²) in [5.41, 5.74) is 0.205. The number of rotatable bonds is 5. The highest BCUT2D eigenvalue weighted by molar-refractivity contribution is 6.18. The molecule has 2 nitrogen and oxygen atoms in total. The summed E-state index contributed by atoms with van der Waals surface area (Å²) in [7, 11) is 0. The van der Waals surface area contributed by atoms with Gasteiger partial charge < -0.3 is 9.47 Å². The van der Waals surface area contributed by atoms with Crippen molar-refractivity contribution in [2.24, 2.45) is 5.41 Å². The van der Waals surface area contributed by atoms with Crippen molar-refractivity contribution < 1.29 is 9.47 Å². The molecule has 1 heterocycles. The van der Waals surface area contributed by atoms with E-state index < -0.39 is 0 Å². The molecule has 1 fully saturated rings. The highest BCUT2D eigenvalue weighted by Crippen LogP contribution is 2.33. The fraction of sp³-hybridized carbons (Fsp3) is 1.00. The maximum Gasteiger partial charge on any atom is 0.0535 e. The van der Waals surface area contributed by atoms with Gasteiger partial charge in [0.15, 0.2) is 0 Å². The molecular weight excluding hydrogens is 176 g/mol. The van der Waals surface area contributed by atoms with Crippen molar-refractivity contribution in [2.75, 3.05) is 32.3 Å². The summed E-state index contributed by atoms with van der Waals surface area (Å²) < 4.78 is 10.7. The van der Waals surface area contributed by atoms with Crippen molar-refractivity contribution in [1.82, 2.24) is 0 Å². The van der Waals surface area contributed by atoms with Gasteiger partial charge in [0.05, 0.1) is 6.61 Å². The van der Waals surface area contributed by atoms with Crippen molar-refractivity contribution in [3.05, 3.63) is 0 Å². The van der Waals surface area contributed by atoms with Crippen molar-refractivity contribution >= 4 is 11.6 Å². The van der Waals surface area contributed by atoms with E-state index >= 15 is 0 Å². The summed E-state index contributed by atoms with van der Waals surface area (Å²) in [5.74, 6) is 0.695. The lowest BCUT2D eigenvalue weighted by atomic mass is 9.86. The molecule has 1 rings (SSSR count). The molecule has 0 aromatic rings. The van der Waals surface area contributed by atoms with Crippen LogP contribution in [-0.2, 0) is 9.47 Å². The molecule has 0 bridgehead atoms. The Kier molecular flexibility index (Phi) is 4.33. The molecule has 1 saturated heterocycles. The molecule has 0 aromatic heterocycles. The van der Waals surface area contributed by atoms with Gasteiger partial charge in [-0.3, -0.25) is 0 Å². The van der Waals surface area contributed by atoms with Crippen LogP contribution in [-0.4, -0.2) is 32.3 Å². The highest BCUT2D eigenvalue weighted by atomic mass is 35.5. The van der Waals surface area contributed by atoms with Crippen LogP contribution in [0.3, 0.4) is 0 Å². The molecule has 72 valence electrons. The minimum absolute atomic E-state index is 0.205. The normalized spacial score (nSPS) is 29.5. The Morgan fingerprint density at radius 3 is 2.92 bits per heavy atom. The summed E-state index contributed by atoms with van der Waals surface area (Å²) in [6.07, 6.45) is 2.12. The van der Waals surface area contributed by atoms with Crippen molar-refractivity contribution in [3.63, 3.8) is 0 Å². The molecule has 0 saturated carbocycles. The minimum Gasteiger partial charge on any atom is -0.382 e. The second-order valence-electron chi connectivity index (χ2n) is 3.38. The van der Waals surface area contributed by atoms with Crippen LogP contribution in [0.15, 0.2) is 0 Å². The molecule has 3 heteroatoms.